The Morgan fingerprint density at radius 2 is 2.00 bits per heavy atom. The standard InChI is InChI=1S/C13H11F2NO/c1-3-9-4-13(17)16(7-9)10-5-11(14)8(2)12(15)6-10/h1,5-6,9H,4,7H2,2H3. The summed E-state index contributed by atoms with van der Waals surface area (Å²) in [6.45, 7) is 1.67. The monoisotopic (exact) mass is 235 g/mol. The van der Waals surface area contributed by atoms with Crippen molar-refractivity contribution in [1.29, 1.82) is 0 Å². The van der Waals surface area contributed by atoms with E-state index < -0.39 is 11.6 Å². The van der Waals surface area contributed by atoms with Crippen molar-refractivity contribution in [2.75, 3.05) is 11.4 Å². The molecule has 2 rings (SSSR count). The number of hydrogen-bond donors (Lipinski definition) is 0. The first-order chi connectivity index (χ1) is 8.02. The lowest BCUT2D eigenvalue weighted by atomic mass is 10.1. The van der Waals surface area contributed by atoms with Gasteiger partial charge in [-0.3, -0.25) is 4.79 Å². The molecule has 1 atom stereocenters. The molecule has 17 heavy (non-hydrogen) atoms. The number of terminal acetylenes is 1. The topological polar surface area (TPSA) is 20.3 Å². The van der Waals surface area contributed by atoms with E-state index in [2.05, 4.69) is 5.92 Å². The molecule has 1 aliphatic heterocycles. The van der Waals surface area contributed by atoms with Gasteiger partial charge >= 0.3 is 0 Å². The molecule has 1 fully saturated rings. The molecule has 0 N–H and O–H groups in total. The molecule has 0 bridgehead atoms. The summed E-state index contributed by atoms with van der Waals surface area (Å²) in [5, 5.41) is 0. The molecular formula is C13H11F2NO. The lowest BCUT2D eigenvalue weighted by Crippen LogP contribution is -2.24. The van der Waals surface area contributed by atoms with Gasteiger partial charge in [0.25, 0.3) is 0 Å². The number of hydrogen-bond acceptors (Lipinski definition) is 1. The van der Waals surface area contributed by atoms with E-state index in [0.29, 0.717) is 6.54 Å². The van der Waals surface area contributed by atoms with Crippen LogP contribution in [0, 0.1) is 36.8 Å². The van der Waals surface area contributed by atoms with Crippen LogP contribution in [0.3, 0.4) is 0 Å². The Morgan fingerprint density at radius 3 is 2.47 bits per heavy atom. The minimum Gasteiger partial charge on any atom is -0.311 e. The van der Waals surface area contributed by atoms with Crippen LogP contribution in [0.4, 0.5) is 14.5 Å². The largest absolute Gasteiger partial charge is 0.311 e. The number of anilines is 1. The van der Waals surface area contributed by atoms with Gasteiger partial charge in [0.15, 0.2) is 0 Å². The minimum atomic E-state index is -0.656. The Labute approximate surface area is 98.2 Å². The molecule has 0 aromatic heterocycles. The fourth-order valence-corrected chi connectivity index (χ4v) is 1.86. The number of nitrogens with zero attached hydrogens (tertiary/aromatic N) is 1. The van der Waals surface area contributed by atoms with Gasteiger partial charge < -0.3 is 4.90 Å². The molecule has 1 aromatic rings. The van der Waals surface area contributed by atoms with Crippen molar-refractivity contribution in [2.45, 2.75) is 13.3 Å². The van der Waals surface area contributed by atoms with E-state index in [9.17, 15) is 13.6 Å². The summed E-state index contributed by atoms with van der Waals surface area (Å²) in [6, 6.07) is 2.32. The maximum absolute atomic E-state index is 13.4. The molecule has 1 aliphatic rings. The van der Waals surface area contributed by atoms with Crippen LogP contribution in [-0.2, 0) is 4.79 Å². The summed E-state index contributed by atoms with van der Waals surface area (Å²) in [5.41, 5.74) is 0.183. The second-order valence-corrected chi connectivity index (χ2v) is 4.11. The van der Waals surface area contributed by atoms with Crippen molar-refractivity contribution in [3.05, 3.63) is 29.3 Å². The van der Waals surface area contributed by atoms with Crippen molar-refractivity contribution in [3.63, 3.8) is 0 Å². The van der Waals surface area contributed by atoms with Crippen molar-refractivity contribution < 1.29 is 13.6 Å². The van der Waals surface area contributed by atoms with Crippen molar-refractivity contribution in [3.8, 4) is 12.3 Å². The van der Waals surface area contributed by atoms with E-state index in [0.717, 1.165) is 12.1 Å². The summed E-state index contributed by atoms with van der Waals surface area (Å²) in [6.07, 6.45) is 5.47. The Morgan fingerprint density at radius 1 is 1.41 bits per heavy atom. The van der Waals surface area contributed by atoms with Gasteiger partial charge in [-0.1, -0.05) is 0 Å². The molecule has 0 radical (unpaired) electrons. The van der Waals surface area contributed by atoms with Gasteiger partial charge in [-0.25, -0.2) is 8.78 Å². The first kappa shape index (κ1) is 11.6. The minimum absolute atomic E-state index is 0.0473. The summed E-state index contributed by atoms with van der Waals surface area (Å²) >= 11 is 0. The highest BCUT2D eigenvalue weighted by molar-refractivity contribution is 5.96. The quantitative estimate of drug-likeness (QED) is 0.684. The molecular weight excluding hydrogens is 224 g/mol. The summed E-state index contributed by atoms with van der Waals surface area (Å²) < 4.78 is 26.8. The van der Waals surface area contributed by atoms with Gasteiger partial charge in [-0.2, -0.15) is 0 Å². The predicted octanol–water partition coefficient (Wildman–Crippen LogP) is 2.26. The number of amides is 1. The van der Waals surface area contributed by atoms with E-state index in [1.165, 1.54) is 11.8 Å². The molecule has 4 heteroatoms. The number of benzene rings is 1. The molecule has 1 amide bonds. The second-order valence-electron chi connectivity index (χ2n) is 4.11. The highest BCUT2D eigenvalue weighted by Gasteiger charge is 2.30. The molecule has 88 valence electrons. The van der Waals surface area contributed by atoms with E-state index in [4.69, 9.17) is 6.42 Å². The fourth-order valence-electron chi connectivity index (χ4n) is 1.86. The maximum Gasteiger partial charge on any atom is 0.228 e. The molecule has 0 saturated carbocycles. The first-order valence-corrected chi connectivity index (χ1v) is 5.25. The third-order valence-electron chi connectivity index (χ3n) is 2.94. The zero-order valence-corrected chi connectivity index (χ0v) is 9.34. The molecule has 1 aromatic carbocycles. The van der Waals surface area contributed by atoms with Gasteiger partial charge in [-0.15, -0.1) is 12.3 Å². The summed E-state index contributed by atoms with van der Waals surface area (Å²) in [5.74, 6) is 0.790. The number of carbonyl (C=O) groups is 1. The van der Waals surface area contributed by atoms with E-state index in [1.54, 1.807) is 0 Å². The second kappa shape index (κ2) is 4.17. The normalized spacial score (nSPS) is 19.5. The Hall–Kier alpha value is -1.89. The number of rotatable bonds is 1. The van der Waals surface area contributed by atoms with Gasteiger partial charge in [0.2, 0.25) is 5.91 Å². The van der Waals surface area contributed by atoms with Crippen LogP contribution in [0.2, 0.25) is 0 Å². The zero-order chi connectivity index (χ0) is 12.6. The molecule has 0 spiro atoms. The lowest BCUT2D eigenvalue weighted by Gasteiger charge is -2.16. The van der Waals surface area contributed by atoms with Crippen molar-refractivity contribution in [1.82, 2.24) is 0 Å². The van der Waals surface area contributed by atoms with Gasteiger partial charge in [-0.05, 0) is 19.1 Å². The molecule has 1 saturated heterocycles. The Bertz CT molecular complexity index is 496. The molecule has 0 aliphatic carbocycles. The smallest absolute Gasteiger partial charge is 0.228 e. The molecule has 1 unspecified atom stereocenters. The van der Waals surface area contributed by atoms with Gasteiger partial charge in [0, 0.05) is 30.1 Å². The highest BCUT2D eigenvalue weighted by atomic mass is 19.1. The molecule has 2 nitrogen and oxygen atoms in total. The number of halogens is 2. The van der Waals surface area contributed by atoms with E-state index in [1.807, 2.05) is 0 Å². The number of carbonyl (C=O) groups excluding carboxylic acids is 1. The van der Waals surface area contributed by atoms with Gasteiger partial charge in [0.05, 0.1) is 0 Å². The van der Waals surface area contributed by atoms with Crippen LogP contribution in [0.25, 0.3) is 0 Å². The Balaban J connectivity index is 2.36. The maximum atomic E-state index is 13.4. The highest BCUT2D eigenvalue weighted by Crippen LogP contribution is 2.27. The third-order valence-corrected chi connectivity index (χ3v) is 2.94. The molecule has 1 heterocycles. The summed E-state index contributed by atoms with van der Waals surface area (Å²) in [4.78, 5) is 13.0. The van der Waals surface area contributed by atoms with Crippen LogP contribution < -0.4 is 4.90 Å². The van der Waals surface area contributed by atoms with Crippen molar-refractivity contribution in [2.24, 2.45) is 5.92 Å². The average Bonchev–Trinajstić information content (AvgIpc) is 2.67. The third kappa shape index (κ3) is 2.01. The Kier molecular flexibility index (Phi) is 2.84. The van der Waals surface area contributed by atoms with Crippen LogP contribution in [0.15, 0.2) is 12.1 Å². The lowest BCUT2D eigenvalue weighted by molar-refractivity contribution is -0.117. The SMILES string of the molecule is C#CC1CC(=O)N(c2cc(F)c(C)c(F)c2)C1. The predicted molar refractivity (Wildman–Crippen MR) is 60.4 cm³/mol. The van der Waals surface area contributed by atoms with Gasteiger partial charge in [0.1, 0.15) is 11.6 Å². The van der Waals surface area contributed by atoms with E-state index >= 15 is 0 Å². The first-order valence-electron chi connectivity index (χ1n) is 5.25. The van der Waals surface area contributed by atoms with Crippen molar-refractivity contribution >= 4 is 11.6 Å². The van der Waals surface area contributed by atoms with E-state index in [-0.39, 0.29) is 29.5 Å². The van der Waals surface area contributed by atoms with Crippen LogP contribution in [0.1, 0.15) is 12.0 Å². The fraction of sp³-hybridized carbons (Fsp3) is 0.308. The van der Waals surface area contributed by atoms with Crippen LogP contribution >= 0.6 is 0 Å². The average molecular weight is 235 g/mol. The van der Waals surface area contributed by atoms with Crippen LogP contribution in [0.5, 0.6) is 0 Å². The summed E-state index contributed by atoms with van der Waals surface area (Å²) in [7, 11) is 0. The zero-order valence-electron chi connectivity index (χ0n) is 9.34. The van der Waals surface area contributed by atoms with Crippen LogP contribution in [-0.4, -0.2) is 12.5 Å².